The van der Waals surface area contributed by atoms with E-state index < -0.39 is 5.97 Å². The monoisotopic (exact) mass is 544 g/mol. The minimum absolute atomic E-state index is 0.311. The fourth-order valence-electron chi connectivity index (χ4n) is 4.82. The first-order chi connectivity index (χ1) is 18.7. The lowest BCUT2D eigenvalue weighted by molar-refractivity contribution is -0.143. The Morgan fingerprint density at radius 3 is 1.39 bits per heavy atom. The van der Waals surface area contributed by atoms with Gasteiger partial charge in [0.15, 0.2) is 0 Å². The van der Waals surface area contributed by atoms with Crippen molar-refractivity contribution in [3.05, 3.63) is 0 Å². The van der Waals surface area contributed by atoms with E-state index in [1.807, 2.05) is 0 Å². The molecule has 228 valence electrons. The van der Waals surface area contributed by atoms with Gasteiger partial charge >= 0.3 is 5.97 Å². The normalized spacial score (nSPS) is 13.1. The van der Waals surface area contributed by atoms with E-state index in [9.17, 15) is 9.90 Å². The molecule has 1 N–H and O–H groups in total. The average Bonchev–Trinajstić information content (AvgIpc) is 2.91. The van der Waals surface area contributed by atoms with Gasteiger partial charge in [-0.1, -0.05) is 117 Å². The highest BCUT2D eigenvalue weighted by Gasteiger charge is 2.22. The van der Waals surface area contributed by atoms with Crippen molar-refractivity contribution in [2.45, 2.75) is 136 Å². The number of aliphatic carboxylic acids is 1. The van der Waals surface area contributed by atoms with Gasteiger partial charge in [0.1, 0.15) is 0 Å². The Morgan fingerprint density at radius 2 is 0.895 bits per heavy atom. The van der Waals surface area contributed by atoms with Gasteiger partial charge in [-0.3, -0.25) is 4.79 Å². The SMILES string of the molecule is CCCCCCCCC(CCCCCC)CC(CCOCCOCCOCCOCCCCCC)C(=O)O. The summed E-state index contributed by atoms with van der Waals surface area (Å²) in [5.41, 5.74) is 0. The summed E-state index contributed by atoms with van der Waals surface area (Å²) in [5, 5.41) is 9.82. The van der Waals surface area contributed by atoms with Crippen LogP contribution in [0.15, 0.2) is 0 Å². The first kappa shape index (κ1) is 37.3. The molecule has 0 aliphatic heterocycles. The predicted molar refractivity (Wildman–Crippen MR) is 158 cm³/mol. The van der Waals surface area contributed by atoms with Gasteiger partial charge in [0.25, 0.3) is 0 Å². The lowest BCUT2D eigenvalue weighted by Gasteiger charge is -2.21. The third kappa shape index (κ3) is 26.9. The minimum atomic E-state index is -0.673. The van der Waals surface area contributed by atoms with Gasteiger partial charge in [-0.15, -0.1) is 0 Å². The van der Waals surface area contributed by atoms with Crippen LogP contribution in [0.3, 0.4) is 0 Å². The quantitative estimate of drug-likeness (QED) is 0.0856. The fraction of sp³-hybridized carbons (Fsp3) is 0.969. The number of carboxylic acids is 1. The summed E-state index contributed by atoms with van der Waals surface area (Å²) in [6.45, 7) is 11.3. The molecule has 0 aliphatic rings. The first-order valence-electron chi connectivity index (χ1n) is 16.2. The Balaban J connectivity index is 3.94. The predicted octanol–water partition coefficient (Wildman–Crippen LogP) is 8.45. The van der Waals surface area contributed by atoms with Crippen molar-refractivity contribution in [3.8, 4) is 0 Å². The zero-order chi connectivity index (χ0) is 27.9. The Hall–Kier alpha value is -0.690. The highest BCUT2D eigenvalue weighted by molar-refractivity contribution is 5.69. The van der Waals surface area contributed by atoms with Crippen LogP contribution in [-0.2, 0) is 23.7 Å². The molecule has 0 bridgehead atoms. The van der Waals surface area contributed by atoms with Crippen LogP contribution in [0.5, 0.6) is 0 Å². The standard InChI is InChI=1S/C32H64O6/c1-4-7-10-13-14-16-19-30(18-15-11-8-5-2)29-31(32(33)34)20-22-36-24-26-38-28-27-37-25-23-35-21-17-12-9-6-3/h30-31H,4-29H2,1-3H3,(H,33,34). The Morgan fingerprint density at radius 1 is 0.500 bits per heavy atom. The molecule has 0 heterocycles. The molecule has 2 unspecified atom stereocenters. The van der Waals surface area contributed by atoms with Gasteiger partial charge in [-0.25, -0.2) is 0 Å². The number of unbranched alkanes of at least 4 members (excludes halogenated alkanes) is 11. The molecule has 38 heavy (non-hydrogen) atoms. The lowest BCUT2D eigenvalue weighted by atomic mass is 9.85. The van der Waals surface area contributed by atoms with Crippen LogP contribution in [0.25, 0.3) is 0 Å². The second-order valence-electron chi connectivity index (χ2n) is 10.8. The molecule has 0 spiro atoms. The van der Waals surface area contributed by atoms with E-state index in [0.717, 1.165) is 19.4 Å². The van der Waals surface area contributed by atoms with E-state index in [1.165, 1.54) is 96.3 Å². The van der Waals surface area contributed by atoms with Crippen LogP contribution < -0.4 is 0 Å². The smallest absolute Gasteiger partial charge is 0.306 e. The Bertz CT molecular complexity index is 473. The number of hydrogen-bond donors (Lipinski definition) is 1. The van der Waals surface area contributed by atoms with Gasteiger partial charge in [-0.05, 0) is 25.2 Å². The van der Waals surface area contributed by atoms with Gasteiger partial charge < -0.3 is 24.1 Å². The summed E-state index contributed by atoms with van der Waals surface area (Å²) in [6, 6.07) is 0. The molecule has 0 aromatic heterocycles. The van der Waals surface area contributed by atoms with Gasteiger partial charge in [0.2, 0.25) is 0 Å². The molecular formula is C32H64O6. The molecule has 0 amide bonds. The van der Waals surface area contributed by atoms with E-state index in [4.69, 9.17) is 18.9 Å². The highest BCUT2D eigenvalue weighted by Crippen LogP contribution is 2.27. The zero-order valence-corrected chi connectivity index (χ0v) is 25.5. The summed E-state index contributed by atoms with van der Waals surface area (Å²) < 4.78 is 22.3. The summed E-state index contributed by atoms with van der Waals surface area (Å²) >= 11 is 0. The van der Waals surface area contributed by atoms with Gasteiger partial charge in [-0.2, -0.15) is 0 Å². The number of carbonyl (C=O) groups is 1. The highest BCUT2D eigenvalue weighted by atomic mass is 16.6. The zero-order valence-electron chi connectivity index (χ0n) is 25.5. The molecule has 0 rings (SSSR count). The summed E-state index contributed by atoms with van der Waals surface area (Å²) in [4.78, 5) is 11.9. The number of ether oxygens (including phenoxy) is 4. The third-order valence-corrected chi connectivity index (χ3v) is 7.27. The van der Waals surface area contributed by atoms with Crippen LogP contribution in [0, 0.1) is 11.8 Å². The lowest BCUT2D eigenvalue weighted by Crippen LogP contribution is -2.21. The second kappa shape index (κ2) is 30.8. The Labute approximate surface area is 235 Å². The van der Waals surface area contributed by atoms with E-state index in [0.29, 0.717) is 58.6 Å². The van der Waals surface area contributed by atoms with Crippen molar-refractivity contribution in [1.29, 1.82) is 0 Å². The molecule has 2 atom stereocenters. The number of hydrogen-bond acceptors (Lipinski definition) is 5. The van der Waals surface area contributed by atoms with Crippen LogP contribution in [-0.4, -0.2) is 63.9 Å². The summed E-state index contributed by atoms with van der Waals surface area (Å²) in [7, 11) is 0. The van der Waals surface area contributed by atoms with E-state index in [-0.39, 0.29) is 5.92 Å². The number of carboxylic acid groups (broad SMARTS) is 1. The van der Waals surface area contributed by atoms with Crippen LogP contribution in [0.2, 0.25) is 0 Å². The van der Waals surface area contributed by atoms with Crippen molar-refractivity contribution in [1.82, 2.24) is 0 Å². The molecule has 0 aromatic carbocycles. The summed E-state index contributed by atoms with van der Waals surface area (Å²) in [6.07, 6.45) is 21.4. The maximum atomic E-state index is 11.9. The van der Waals surface area contributed by atoms with E-state index in [2.05, 4.69) is 20.8 Å². The van der Waals surface area contributed by atoms with Crippen LogP contribution in [0.1, 0.15) is 136 Å². The van der Waals surface area contributed by atoms with E-state index in [1.54, 1.807) is 0 Å². The van der Waals surface area contributed by atoms with E-state index >= 15 is 0 Å². The Kier molecular flexibility index (Phi) is 30.3. The topological polar surface area (TPSA) is 74.2 Å². The van der Waals surface area contributed by atoms with Crippen LogP contribution >= 0.6 is 0 Å². The molecule has 0 saturated carbocycles. The third-order valence-electron chi connectivity index (χ3n) is 7.27. The summed E-state index contributed by atoms with van der Waals surface area (Å²) in [5.74, 6) is -0.461. The minimum Gasteiger partial charge on any atom is -0.481 e. The van der Waals surface area contributed by atoms with Crippen molar-refractivity contribution in [3.63, 3.8) is 0 Å². The maximum Gasteiger partial charge on any atom is 0.306 e. The second-order valence-corrected chi connectivity index (χ2v) is 10.8. The number of rotatable bonds is 32. The van der Waals surface area contributed by atoms with Crippen molar-refractivity contribution in [2.75, 3.05) is 52.9 Å². The molecule has 0 aliphatic carbocycles. The molecule has 6 heteroatoms. The largest absolute Gasteiger partial charge is 0.481 e. The van der Waals surface area contributed by atoms with Crippen molar-refractivity contribution >= 4 is 5.97 Å². The van der Waals surface area contributed by atoms with Crippen molar-refractivity contribution < 1.29 is 28.8 Å². The molecule has 0 fully saturated rings. The fourth-order valence-corrected chi connectivity index (χ4v) is 4.82. The van der Waals surface area contributed by atoms with Crippen molar-refractivity contribution in [2.24, 2.45) is 11.8 Å². The molecule has 0 aromatic rings. The molecule has 0 saturated heterocycles. The van der Waals surface area contributed by atoms with Crippen LogP contribution in [0.4, 0.5) is 0 Å². The maximum absolute atomic E-state index is 11.9. The van der Waals surface area contributed by atoms with Gasteiger partial charge in [0, 0.05) is 13.2 Å². The van der Waals surface area contributed by atoms with Gasteiger partial charge in [0.05, 0.1) is 45.6 Å². The molecular weight excluding hydrogens is 480 g/mol. The molecule has 6 nitrogen and oxygen atoms in total. The first-order valence-corrected chi connectivity index (χ1v) is 16.2. The molecule has 0 radical (unpaired) electrons. The average molecular weight is 545 g/mol.